The first-order valence-corrected chi connectivity index (χ1v) is 7.66. The molecule has 5 heteroatoms. The number of thioether (sulfide) groups is 1. The largest absolute Gasteiger partial charge is 0.378 e. The molecule has 102 valence electrons. The molecule has 0 N–H and O–H groups in total. The summed E-state index contributed by atoms with van der Waals surface area (Å²) in [5.41, 5.74) is 0.731. The number of ether oxygens (including phenoxy) is 1. The summed E-state index contributed by atoms with van der Waals surface area (Å²) in [5.74, 6) is 1.18. The van der Waals surface area contributed by atoms with Crippen LogP contribution in [-0.4, -0.2) is 52.1 Å². The molecule has 3 heterocycles. The third-order valence-corrected chi connectivity index (χ3v) is 5.33. The fraction of sp³-hybridized carbons (Fsp3) is 0.571. The standard InChI is InChI=1S/C14H18N2O2S/c1-2-18-12-7-14(19-8-12)9-16(10-14)13(17)11-3-5-15-6-4-11/h3-6,12H,2,7-10H2,1H3/t12-/m1/s1. The van der Waals surface area contributed by atoms with Crippen LogP contribution in [0.25, 0.3) is 0 Å². The minimum Gasteiger partial charge on any atom is -0.378 e. The molecular formula is C14H18N2O2S. The zero-order valence-electron chi connectivity index (χ0n) is 11.0. The summed E-state index contributed by atoms with van der Waals surface area (Å²) in [7, 11) is 0. The maximum atomic E-state index is 12.2. The minimum absolute atomic E-state index is 0.119. The molecule has 1 atom stereocenters. The monoisotopic (exact) mass is 278 g/mol. The van der Waals surface area contributed by atoms with E-state index >= 15 is 0 Å². The van der Waals surface area contributed by atoms with Gasteiger partial charge in [0.1, 0.15) is 0 Å². The van der Waals surface area contributed by atoms with Crippen molar-refractivity contribution >= 4 is 17.7 Å². The molecule has 1 aromatic rings. The van der Waals surface area contributed by atoms with Gasteiger partial charge in [-0.3, -0.25) is 9.78 Å². The Bertz CT molecular complexity index is 460. The Balaban J connectivity index is 1.57. The van der Waals surface area contributed by atoms with Crippen LogP contribution < -0.4 is 0 Å². The van der Waals surface area contributed by atoms with Crippen LogP contribution in [0.15, 0.2) is 24.5 Å². The number of pyridine rings is 1. The van der Waals surface area contributed by atoms with Crippen molar-refractivity contribution in [3.05, 3.63) is 30.1 Å². The molecule has 0 aliphatic carbocycles. The van der Waals surface area contributed by atoms with E-state index in [1.165, 1.54) is 0 Å². The molecule has 0 aromatic carbocycles. The van der Waals surface area contributed by atoms with Gasteiger partial charge in [0.05, 0.1) is 10.9 Å². The molecule has 3 rings (SSSR count). The van der Waals surface area contributed by atoms with Gasteiger partial charge in [-0.15, -0.1) is 11.8 Å². The van der Waals surface area contributed by atoms with Crippen LogP contribution >= 0.6 is 11.8 Å². The molecule has 4 nitrogen and oxygen atoms in total. The summed E-state index contributed by atoms with van der Waals surface area (Å²) in [4.78, 5) is 18.1. The van der Waals surface area contributed by atoms with Gasteiger partial charge < -0.3 is 9.64 Å². The number of aromatic nitrogens is 1. The molecule has 1 amide bonds. The number of hydrogen-bond donors (Lipinski definition) is 0. The molecule has 2 fully saturated rings. The fourth-order valence-corrected chi connectivity index (χ4v) is 4.39. The van der Waals surface area contributed by atoms with Crippen LogP contribution in [0, 0.1) is 0 Å². The summed E-state index contributed by atoms with van der Waals surface area (Å²) < 4.78 is 5.93. The van der Waals surface area contributed by atoms with Gasteiger partial charge in [0.25, 0.3) is 5.91 Å². The lowest BCUT2D eigenvalue weighted by Crippen LogP contribution is -2.60. The van der Waals surface area contributed by atoms with Crippen molar-refractivity contribution in [2.24, 2.45) is 0 Å². The third-order valence-electron chi connectivity index (χ3n) is 3.75. The number of nitrogens with zero attached hydrogens (tertiary/aromatic N) is 2. The summed E-state index contributed by atoms with van der Waals surface area (Å²) in [5, 5.41) is 0. The molecule has 0 radical (unpaired) electrons. The van der Waals surface area contributed by atoms with Crippen molar-refractivity contribution in [3.8, 4) is 0 Å². The van der Waals surface area contributed by atoms with Gasteiger partial charge in [-0.2, -0.15) is 0 Å². The summed E-state index contributed by atoms with van der Waals surface area (Å²) >= 11 is 1.96. The number of carbonyl (C=O) groups is 1. The van der Waals surface area contributed by atoms with Gasteiger partial charge in [0.2, 0.25) is 0 Å². The van der Waals surface area contributed by atoms with E-state index in [9.17, 15) is 4.79 Å². The summed E-state index contributed by atoms with van der Waals surface area (Å²) in [6.45, 7) is 4.52. The predicted molar refractivity (Wildman–Crippen MR) is 75.4 cm³/mol. The highest BCUT2D eigenvalue weighted by Gasteiger charge is 2.50. The average molecular weight is 278 g/mol. The molecule has 0 saturated carbocycles. The lowest BCUT2D eigenvalue weighted by molar-refractivity contribution is 0.0359. The third kappa shape index (κ3) is 2.49. The van der Waals surface area contributed by atoms with Crippen molar-refractivity contribution in [2.75, 3.05) is 25.4 Å². The Labute approximate surface area is 117 Å². The molecule has 0 bridgehead atoms. The number of rotatable bonds is 3. The van der Waals surface area contributed by atoms with E-state index in [0.717, 1.165) is 37.4 Å². The highest BCUT2D eigenvalue weighted by molar-refractivity contribution is 8.01. The number of carbonyl (C=O) groups excluding carboxylic acids is 1. The van der Waals surface area contributed by atoms with Crippen LogP contribution in [0.4, 0.5) is 0 Å². The van der Waals surface area contributed by atoms with Crippen LogP contribution in [-0.2, 0) is 4.74 Å². The molecule has 19 heavy (non-hydrogen) atoms. The zero-order valence-corrected chi connectivity index (χ0v) is 11.9. The summed E-state index contributed by atoms with van der Waals surface area (Å²) in [6, 6.07) is 3.55. The van der Waals surface area contributed by atoms with Crippen LogP contribution in [0.3, 0.4) is 0 Å². The SMILES string of the molecule is CCO[C@H]1CSC2(C1)CN(C(=O)c1ccncc1)C2. The first-order valence-electron chi connectivity index (χ1n) is 6.67. The van der Waals surface area contributed by atoms with E-state index in [1.54, 1.807) is 24.5 Å². The molecule has 2 aliphatic heterocycles. The number of likely N-dealkylation sites (tertiary alicyclic amines) is 1. The Morgan fingerprint density at radius 3 is 2.95 bits per heavy atom. The van der Waals surface area contributed by atoms with Gasteiger partial charge in [0.15, 0.2) is 0 Å². The van der Waals surface area contributed by atoms with Gasteiger partial charge in [-0.1, -0.05) is 0 Å². The van der Waals surface area contributed by atoms with Crippen molar-refractivity contribution in [2.45, 2.75) is 24.2 Å². The van der Waals surface area contributed by atoms with E-state index in [-0.39, 0.29) is 10.7 Å². The maximum absolute atomic E-state index is 12.2. The topological polar surface area (TPSA) is 42.4 Å². The Hall–Kier alpha value is -1.07. The van der Waals surface area contributed by atoms with E-state index in [1.807, 2.05) is 23.6 Å². The normalized spacial score (nSPS) is 24.5. The fourth-order valence-electron chi connectivity index (χ4n) is 2.84. The van der Waals surface area contributed by atoms with Gasteiger partial charge in [-0.05, 0) is 25.5 Å². The number of hydrogen-bond acceptors (Lipinski definition) is 4. The van der Waals surface area contributed by atoms with E-state index in [4.69, 9.17) is 4.74 Å². The lowest BCUT2D eigenvalue weighted by Gasteiger charge is -2.47. The molecular weight excluding hydrogens is 260 g/mol. The van der Waals surface area contributed by atoms with Gasteiger partial charge >= 0.3 is 0 Å². The van der Waals surface area contributed by atoms with Crippen molar-refractivity contribution in [3.63, 3.8) is 0 Å². The molecule has 2 saturated heterocycles. The maximum Gasteiger partial charge on any atom is 0.254 e. The second kappa shape index (κ2) is 5.13. The van der Waals surface area contributed by atoms with Crippen molar-refractivity contribution < 1.29 is 9.53 Å². The zero-order chi connectivity index (χ0) is 13.3. The Morgan fingerprint density at radius 1 is 1.53 bits per heavy atom. The molecule has 0 unspecified atom stereocenters. The molecule has 1 aromatic heterocycles. The highest BCUT2D eigenvalue weighted by Crippen LogP contribution is 2.46. The number of amides is 1. The van der Waals surface area contributed by atoms with E-state index in [2.05, 4.69) is 4.98 Å². The van der Waals surface area contributed by atoms with Gasteiger partial charge in [-0.25, -0.2) is 0 Å². The highest BCUT2D eigenvalue weighted by atomic mass is 32.2. The lowest BCUT2D eigenvalue weighted by atomic mass is 9.92. The van der Waals surface area contributed by atoms with Crippen LogP contribution in [0.2, 0.25) is 0 Å². The second-order valence-corrected chi connectivity index (χ2v) is 6.66. The summed E-state index contributed by atoms with van der Waals surface area (Å²) in [6.07, 6.45) is 4.77. The molecule has 2 aliphatic rings. The van der Waals surface area contributed by atoms with Crippen LogP contribution in [0.5, 0.6) is 0 Å². The minimum atomic E-state index is 0.119. The first-order chi connectivity index (χ1) is 9.22. The smallest absolute Gasteiger partial charge is 0.254 e. The van der Waals surface area contributed by atoms with Crippen molar-refractivity contribution in [1.29, 1.82) is 0 Å². The molecule has 1 spiro atoms. The van der Waals surface area contributed by atoms with E-state index in [0.29, 0.717) is 6.10 Å². The van der Waals surface area contributed by atoms with Crippen molar-refractivity contribution in [1.82, 2.24) is 9.88 Å². The predicted octanol–water partition coefficient (Wildman–Crippen LogP) is 1.82. The average Bonchev–Trinajstić information content (AvgIpc) is 2.82. The Morgan fingerprint density at radius 2 is 2.26 bits per heavy atom. The quantitative estimate of drug-likeness (QED) is 0.846. The Kier molecular flexibility index (Phi) is 3.50. The van der Waals surface area contributed by atoms with E-state index < -0.39 is 0 Å². The van der Waals surface area contributed by atoms with Crippen LogP contribution in [0.1, 0.15) is 23.7 Å². The second-order valence-electron chi connectivity index (χ2n) is 5.17. The van der Waals surface area contributed by atoms with Gasteiger partial charge in [0, 0.05) is 43.4 Å². The first kappa shape index (κ1) is 12.9.